The van der Waals surface area contributed by atoms with E-state index in [0.29, 0.717) is 24.3 Å². The van der Waals surface area contributed by atoms with Crippen LogP contribution in [0.25, 0.3) is 0 Å². The Bertz CT molecular complexity index is 901. The zero-order valence-electron chi connectivity index (χ0n) is 16.2. The summed E-state index contributed by atoms with van der Waals surface area (Å²) >= 11 is 0. The van der Waals surface area contributed by atoms with Gasteiger partial charge >= 0.3 is 0 Å². The molecule has 0 bridgehead atoms. The lowest BCUT2D eigenvalue weighted by molar-refractivity contribution is -0.115. The number of hydrogen-bond donors (Lipinski definition) is 1. The van der Waals surface area contributed by atoms with Crippen molar-refractivity contribution in [3.63, 3.8) is 0 Å². The van der Waals surface area contributed by atoms with Gasteiger partial charge in [0.2, 0.25) is 5.91 Å². The number of benzene rings is 2. The SMILES string of the molecule is Cc1cccc(N2CCN(C(=O)c3ccc(NC(=O)CC#N)cc3)C[C@@H]2C)c1. The molecule has 0 spiro atoms. The molecule has 1 atom stereocenters. The summed E-state index contributed by atoms with van der Waals surface area (Å²) in [5.41, 5.74) is 3.59. The van der Waals surface area contributed by atoms with Gasteiger partial charge in [0.05, 0.1) is 6.07 Å². The number of carbonyl (C=O) groups excluding carboxylic acids is 2. The second-order valence-electron chi connectivity index (χ2n) is 7.09. The van der Waals surface area contributed by atoms with Crippen molar-refractivity contribution in [1.29, 1.82) is 5.26 Å². The van der Waals surface area contributed by atoms with Crippen LogP contribution in [0, 0.1) is 18.3 Å². The van der Waals surface area contributed by atoms with Crippen LogP contribution in [-0.4, -0.2) is 42.4 Å². The summed E-state index contributed by atoms with van der Waals surface area (Å²) in [5.74, 6) is -0.367. The Kier molecular flexibility index (Phi) is 5.95. The summed E-state index contributed by atoms with van der Waals surface area (Å²) in [5, 5.41) is 11.2. The van der Waals surface area contributed by atoms with Gasteiger partial charge in [-0.3, -0.25) is 9.59 Å². The normalized spacial score (nSPS) is 16.4. The van der Waals surface area contributed by atoms with Crippen LogP contribution >= 0.6 is 0 Å². The minimum Gasteiger partial charge on any atom is -0.365 e. The quantitative estimate of drug-likeness (QED) is 0.889. The van der Waals surface area contributed by atoms with Gasteiger partial charge in [-0.25, -0.2) is 0 Å². The number of nitriles is 1. The number of amides is 2. The van der Waals surface area contributed by atoms with Gasteiger partial charge in [0.25, 0.3) is 5.91 Å². The van der Waals surface area contributed by atoms with Crippen molar-refractivity contribution in [2.24, 2.45) is 0 Å². The fraction of sp³-hybridized carbons (Fsp3) is 0.318. The number of nitrogens with one attached hydrogen (secondary N) is 1. The molecule has 1 N–H and O–H groups in total. The number of hydrogen-bond acceptors (Lipinski definition) is 4. The minimum absolute atomic E-state index is 0.00866. The lowest BCUT2D eigenvalue weighted by atomic mass is 10.1. The van der Waals surface area contributed by atoms with Gasteiger partial charge in [0.15, 0.2) is 0 Å². The molecule has 0 radical (unpaired) electrons. The Morgan fingerprint density at radius 2 is 1.93 bits per heavy atom. The van der Waals surface area contributed by atoms with Gasteiger partial charge in [-0.1, -0.05) is 12.1 Å². The Morgan fingerprint density at radius 1 is 1.18 bits per heavy atom. The molecule has 0 aromatic heterocycles. The summed E-state index contributed by atoms with van der Waals surface area (Å²) in [6.07, 6.45) is -0.191. The van der Waals surface area contributed by atoms with Crippen LogP contribution in [0.4, 0.5) is 11.4 Å². The molecule has 1 aliphatic rings. The first-order chi connectivity index (χ1) is 13.5. The maximum Gasteiger partial charge on any atom is 0.253 e. The van der Waals surface area contributed by atoms with Crippen molar-refractivity contribution >= 4 is 23.2 Å². The second-order valence-corrected chi connectivity index (χ2v) is 7.09. The Balaban J connectivity index is 1.63. The molecule has 1 saturated heterocycles. The molecule has 1 heterocycles. The van der Waals surface area contributed by atoms with E-state index in [1.54, 1.807) is 30.3 Å². The Hall–Kier alpha value is -3.33. The van der Waals surface area contributed by atoms with E-state index in [9.17, 15) is 9.59 Å². The van der Waals surface area contributed by atoms with Crippen LogP contribution in [0.15, 0.2) is 48.5 Å². The highest BCUT2D eigenvalue weighted by Gasteiger charge is 2.27. The fourth-order valence-corrected chi connectivity index (χ4v) is 3.49. The monoisotopic (exact) mass is 376 g/mol. The summed E-state index contributed by atoms with van der Waals surface area (Å²) in [6, 6.07) is 17.3. The van der Waals surface area contributed by atoms with Gasteiger partial charge in [0.1, 0.15) is 6.42 Å². The van der Waals surface area contributed by atoms with Gasteiger partial charge in [-0.05, 0) is 55.8 Å². The van der Waals surface area contributed by atoms with Gasteiger partial charge in [0, 0.05) is 42.6 Å². The van der Waals surface area contributed by atoms with E-state index >= 15 is 0 Å². The summed E-state index contributed by atoms with van der Waals surface area (Å²) < 4.78 is 0. The van der Waals surface area contributed by atoms with Crippen molar-refractivity contribution in [2.45, 2.75) is 26.3 Å². The first kappa shape index (κ1) is 19.4. The maximum absolute atomic E-state index is 12.9. The summed E-state index contributed by atoms with van der Waals surface area (Å²) in [4.78, 5) is 28.5. The molecule has 3 rings (SSSR count). The molecule has 1 aliphatic heterocycles. The molecule has 2 aromatic rings. The van der Waals surface area contributed by atoms with E-state index in [1.807, 2.05) is 4.90 Å². The number of aryl methyl sites for hydroxylation is 1. The van der Waals surface area contributed by atoms with Crippen LogP contribution in [0.5, 0.6) is 0 Å². The molecule has 144 valence electrons. The van der Waals surface area contributed by atoms with E-state index in [1.165, 1.54) is 11.3 Å². The van der Waals surface area contributed by atoms with E-state index in [2.05, 4.69) is 48.3 Å². The fourth-order valence-electron chi connectivity index (χ4n) is 3.49. The first-order valence-electron chi connectivity index (χ1n) is 9.37. The third-order valence-electron chi connectivity index (χ3n) is 4.90. The van der Waals surface area contributed by atoms with E-state index < -0.39 is 0 Å². The average molecular weight is 376 g/mol. The van der Waals surface area contributed by atoms with Gasteiger partial charge < -0.3 is 15.1 Å². The average Bonchev–Trinajstić information content (AvgIpc) is 2.68. The zero-order chi connectivity index (χ0) is 20.1. The van der Waals surface area contributed by atoms with Gasteiger partial charge in [-0.2, -0.15) is 5.26 Å². The van der Waals surface area contributed by atoms with E-state index in [4.69, 9.17) is 5.26 Å². The molecule has 1 fully saturated rings. The van der Waals surface area contributed by atoms with Crippen molar-refractivity contribution in [3.8, 4) is 6.07 Å². The number of anilines is 2. The van der Waals surface area contributed by atoms with Crippen LogP contribution in [-0.2, 0) is 4.79 Å². The molecule has 6 heteroatoms. The molecule has 2 amide bonds. The lowest BCUT2D eigenvalue weighted by Gasteiger charge is -2.41. The van der Waals surface area contributed by atoms with E-state index in [0.717, 1.165) is 6.54 Å². The first-order valence-corrected chi connectivity index (χ1v) is 9.37. The predicted molar refractivity (Wildman–Crippen MR) is 109 cm³/mol. The summed E-state index contributed by atoms with van der Waals surface area (Å²) in [7, 11) is 0. The highest BCUT2D eigenvalue weighted by atomic mass is 16.2. The number of nitrogens with zero attached hydrogens (tertiary/aromatic N) is 3. The van der Waals surface area contributed by atoms with Crippen molar-refractivity contribution < 1.29 is 9.59 Å². The molecule has 2 aromatic carbocycles. The number of piperazine rings is 1. The third kappa shape index (κ3) is 4.49. The van der Waals surface area contributed by atoms with E-state index in [-0.39, 0.29) is 24.3 Å². The molecule has 0 aliphatic carbocycles. The minimum atomic E-state index is -0.359. The van der Waals surface area contributed by atoms with Crippen LogP contribution < -0.4 is 10.2 Å². The lowest BCUT2D eigenvalue weighted by Crippen LogP contribution is -2.53. The van der Waals surface area contributed by atoms with Gasteiger partial charge in [-0.15, -0.1) is 0 Å². The molecular weight excluding hydrogens is 352 g/mol. The van der Waals surface area contributed by atoms with Crippen LogP contribution in [0.2, 0.25) is 0 Å². The maximum atomic E-state index is 12.9. The van der Waals surface area contributed by atoms with Crippen LogP contribution in [0.1, 0.15) is 29.3 Å². The molecular formula is C22H24N4O2. The van der Waals surface area contributed by atoms with Crippen molar-refractivity contribution in [2.75, 3.05) is 29.9 Å². The standard InChI is InChI=1S/C22H24N4O2/c1-16-4-3-5-20(14-16)26-13-12-25(15-17(26)2)22(28)18-6-8-19(9-7-18)24-21(27)10-11-23/h3-9,14,17H,10,12-13,15H2,1-2H3,(H,24,27)/t17-/m0/s1. The molecule has 0 saturated carbocycles. The molecule has 28 heavy (non-hydrogen) atoms. The Labute approximate surface area is 165 Å². The largest absolute Gasteiger partial charge is 0.365 e. The molecule has 0 unspecified atom stereocenters. The second kappa shape index (κ2) is 8.57. The van der Waals surface area contributed by atoms with Crippen molar-refractivity contribution in [1.82, 2.24) is 4.90 Å². The highest BCUT2D eigenvalue weighted by molar-refractivity contribution is 5.96. The Morgan fingerprint density at radius 3 is 2.57 bits per heavy atom. The predicted octanol–water partition coefficient (Wildman–Crippen LogP) is 3.20. The number of rotatable bonds is 4. The van der Waals surface area contributed by atoms with Crippen LogP contribution in [0.3, 0.4) is 0 Å². The highest BCUT2D eigenvalue weighted by Crippen LogP contribution is 2.22. The van der Waals surface area contributed by atoms with Crippen molar-refractivity contribution in [3.05, 3.63) is 59.7 Å². The number of carbonyl (C=O) groups is 2. The zero-order valence-corrected chi connectivity index (χ0v) is 16.2. The summed E-state index contributed by atoms with van der Waals surface area (Å²) in [6.45, 7) is 6.33. The third-order valence-corrected chi connectivity index (χ3v) is 4.90. The molecule has 6 nitrogen and oxygen atoms in total. The smallest absolute Gasteiger partial charge is 0.253 e. The topological polar surface area (TPSA) is 76.4 Å².